The van der Waals surface area contributed by atoms with Gasteiger partial charge in [0.05, 0.1) is 18.9 Å². The Bertz CT molecular complexity index is 1430. The summed E-state index contributed by atoms with van der Waals surface area (Å²) in [6.45, 7) is 5.11. The zero-order chi connectivity index (χ0) is 26.2. The Morgan fingerprint density at radius 1 is 1.05 bits per heavy atom. The SMILES string of the molecule is CC#CC(CC(=O)O)c1ccc(OCc2ccc3scc(-c4ccc(OCCOC)nc4C)c3c2)cc1. The van der Waals surface area contributed by atoms with Gasteiger partial charge in [0.1, 0.15) is 19.0 Å². The minimum atomic E-state index is -0.867. The number of aromatic nitrogens is 1. The van der Waals surface area contributed by atoms with Crippen LogP contribution in [0, 0.1) is 18.8 Å². The number of thiophene rings is 1. The Hall–Kier alpha value is -3.86. The van der Waals surface area contributed by atoms with Gasteiger partial charge in [-0.05, 0) is 60.7 Å². The third kappa shape index (κ3) is 6.67. The second-order valence-corrected chi connectivity index (χ2v) is 9.42. The molecule has 4 aromatic rings. The Morgan fingerprint density at radius 3 is 2.57 bits per heavy atom. The van der Waals surface area contributed by atoms with E-state index in [1.807, 2.05) is 37.3 Å². The van der Waals surface area contributed by atoms with Crippen molar-refractivity contribution in [3.8, 4) is 34.6 Å². The van der Waals surface area contributed by atoms with Gasteiger partial charge in [0.25, 0.3) is 0 Å². The molecule has 0 aliphatic carbocycles. The van der Waals surface area contributed by atoms with Gasteiger partial charge in [-0.1, -0.05) is 24.1 Å². The fraction of sp³-hybridized carbons (Fsp3) is 0.267. The average molecular weight is 516 g/mol. The molecule has 4 rings (SSSR count). The molecular formula is C30H29NO5S. The summed E-state index contributed by atoms with van der Waals surface area (Å²) in [5, 5.41) is 12.5. The average Bonchev–Trinajstić information content (AvgIpc) is 3.30. The van der Waals surface area contributed by atoms with Gasteiger partial charge in [-0.25, -0.2) is 4.98 Å². The molecule has 0 amide bonds. The maximum atomic E-state index is 11.1. The van der Waals surface area contributed by atoms with Crippen molar-refractivity contribution < 1.29 is 24.1 Å². The van der Waals surface area contributed by atoms with E-state index in [-0.39, 0.29) is 12.3 Å². The fourth-order valence-electron chi connectivity index (χ4n) is 4.07. The number of aryl methyl sites for hydroxylation is 1. The number of fused-ring (bicyclic) bond motifs is 1. The summed E-state index contributed by atoms with van der Waals surface area (Å²) in [4.78, 5) is 15.8. The van der Waals surface area contributed by atoms with Crippen molar-refractivity contribution in [3.05, 3.63) is 76.8 Å². The number of carboxylic acid groups (broad SMARTS) is 1. The van der Waals surface area contributed by atoms with E-state index in [4.69, 9.17) is 19.3 Å². The molecule has 0 aliphatic rings. The largest absolute Gasteiger partial charge is 0.489 e. The highest BCUT2D eigenvalue weighted by atomic mass is 32.1. The maximum Gasteiger partial charge on any atom is 0.304 e. The lowest BCUT2D eigenvalue weighted by Crippen LogP contribution is -2.05. The predicted molar refractivity (Wildman–Crippen MR) is 146 cm³/mol. The lowest BCUT2D eigenvalue weighted by Gasteiger charge is -2.11. The number of ether oxygens (including phenoxy) is 3. The van der Waals surface area contributed by atoms with Crippen LogP contribution >= 0.6 is 11.3 Å². The van der Waals surface area contributed by atoms with Crippen molar-refractivity contribution in [2.24, 2.45) is 0 Å². The lowest BCUT2D eigenvalue weighted by molar-refractivity contribution is -0.137. The molecule has 190 valence electrons. The first-order chi connectivity index (χ1) is 18.0. The number of aliphatic carboxylic acids is 1. The van der Waals surface area contributed by atoms with Crippen LogP contribution in [0.5, 0.6) is 11.6 Å². The van der Waals surface area contributed by atoms with Gasteiger partial charge in [-0.2, -0.15) is 0 Å². The molecule has 0 radical (unpaired) electrons. The highest BCUT2D eigenvalue weighted by Gasteiger charge is 2.14. The molecule has 0 aliphatic heterocycles. The molecule has 7 heteroatoms. The van der Waals surface area contributed by atoms with Crippen LogP contribution in [0.2, 0.25) is 0 Å². The van der Waals surface area contributed by atoms with Crippen LogP contribution in [0.1, 0.15) is 36.1 Å². The third-order valence-corrected chi connectivity index (χ3v) is 6.87. The van der Waals surface area contributed by atoms with Crippen molar-refractivity contribution in [1.82, 2.24) is 4.98 Å². The van der Waals surface area contributed by atoms with Crippen LogP contribution in [0.4, 0.5) is 0 Å². The van der Waals surface area contributed by atoms with Crippen molar-refractivity contribution in [3.63, 3.8) is 0 Å². The highest BCUT2D eigenvalue weighted by Crippen LogP contribution is 2.36. The molecule has 0 bridgehead atoms. The highest BCUT2D eigenvalue weighted by molar-refractivity contribution is 7.17. The van der Waals surface area contributed by atoms with E-state index < -0.39 is 5.97 Å². The molecule has 2 heterocycles. The molecule has 1 N–H and O–H groups in total. The minimum absolute atomic E-state index is 0.0252. The summed E-state index contributed by atoms with van der Waals surface area (Å²) < 4.78 is 17.9. The molecule has 0 saturated heterocycles. The summed E-state index contributed by atoms with van der Waals surface area (Å²) in [5.74, 6) is 5.90. The maximum absolute atomic E-state index is 11.1. The third-order valence-electron chi connectivity index (χ3n) is 5.91. The number of carbonyl (C=O) groups is 1. The summed E-state index contributed by atoms with van der Waals surface area (Å²) in [7, 11) is 1.64. The van der Waals surface area contributed by atoms with Gasteiger partial charge < -0.3 is 19.3 Å². The Kier molecular flexibility index (Phi) is 8.78. The van der Waals surface area contributed by atoms with Crippen LogP contribution in [-0.4, -0.2) is 36.4 Å². The van der Waals surface area contributed by atoms with Crippen molar-refractivity contribution >= 4 is 27.4 Å². The van der Waals surface area contributed by atoms with E-state index in [1.54, 1.807) is 25.4 Å². The minimum Gasteiger partial charge on any atom is -0.489 e. The Labute approximate surface area is 220 Å². The van der Waals surface area contributed by atoms with Crippen LogP contribution in [0.15, 0.2) is 60.0 Å². The number of benzene rings is 2. The fourth-order valence-corrected chi connectivity index (χ4v) is 5.01. The Balaban J connectivity index is 1.48. The summed E-state index contributed by atoms with van der Waals surface area (Å²) in [6.07, 6.45) is -0.0252. The molecule has 0 fully saturated rings. The van der Waals surface area contributed by atoms with Crippen LogP contribution in [0.25, 0.3) is 21.2 Å². The molecule has 1 atom stereocenters. The summed E-state index contributed by atoms with van der Waals surface area (Å²) in [6, 6.07) is 17.8. The first-order valence-corrected chi connectivity index (χ1v) is 12.8. The van der Waals surface area contributed by atoms with Gasteiger partial charge in [0.2, 0.25) is 5.88 Å². The van der Waals surface area contributed by atoms with Crippen LogP contribution < -0.4 is 9.47 Å². The molecule has 2 aromatic heterocycles. The molecule has 1 unspecified atom stereocenters. The van der Waals surface area contributed by atoms with E-state index in [0.29, 0.717) is 25.7 Å². The smallest absolute Gasteiger partial charge is 0.304 e. The van der Waals surface area contributed by atoms with Crippen molar-refractivity contribution in [1.29, 1.82) is 0 Å². The number of rotatable bonds is 11. The first-order valence-electron chi connectivity index (χ1n) is 11.9. The van der Waals surface area contributed by atoms with E-state index in [0.717, 1.165) is 39.1 Å². The van der Waals surface area contributed by atoms with Crippen LogP contribution in [0.3, 0.4) is 0 Å². The lowest BCUT2D eigenvalue weighted by atomic mass is 9.96. The van der Waals surface area contributed by atoms with Crippen molar-refractivity contribution in [2.75, 3.05) is 20.3 Å². The summed E-state index contributed by atoms with van der Waals surface area (Å²) in [5.41, 5.74) is 5.05. The quantitative estimate of drug-likeness (QED) is 0.183. The van der Waals surface area contributed by atoms with E-state index in [1.165, 1.54) is 4.70 Å². The first kappa shape index (κ1) is 26.2. The normalized spacial score (nSPS) is 11.5. The molecule has 6 nitrogen and oxygen atoms in total. The van der Waals surface area contributed by atoms with Gasteiger partial charge in [-0.15, -0.1) is 17.3 Å². The number of methoxy groups -OCH3 is 1. The molecule has 0 saturated carbocycles. The molecule has 37 heavy (non-hydrogen) atoms. The van der Waals surface area contributed by atoms with E-state index >= 15 is 0 Å². The Morgan fingerprint density at radius 2 is 1.86 bits per heavy atom. The standard InChI is InChI=1S/C30H29NO5S/c1-4-5-23(17-30(32)33)22-7-9-24(10-8-22)36-18-21-6-12-28-26(16-21)27(19-37-28)25-11-13-29(31-20(25)2)35-15-14-34-3/h6-13,16,19,23H,14-15,17-18H2,1-3H3,(H,32,33). The topological polar surface area (TPSA) is 77.9 Å². The molecule has 0 spiro atoms. The summed E-state index contributed by atoms with van der Waals surface area (Å²) >= 11 is 1.70. The second-order valence-electron chi connectivity index (χ2n) is 8.51. The van der Waals surface area contributed by atoms with Gasteiger partial charge in [-0.3, -0.25) is 4.79 Å². The monoisotopic (exact) mass is 515 g/mol. The predicted octanol–water partition coefficient (Wildman–Crippen LogP) is 6.46. The van der Waals surface area contributed by atoms with Crippen LogP contribution in [-0.2, 0) is 16.1 Å². The number of carboxylic acids is 1. The molecular weight excluding hydrogens is 486 g/mol. The second kappa shape index (κ2) is 12.4. The zero-order valence-corrected chi connectivity index (χ0v) is 21.9. The number of pyridine rings is 1. The zero-order valence-electron chi connectivity index (χ0n) is 21.1. The van der Waals surface area contributed by atoms with Crippen molar-refractivity contribution in [2.45, 2.75) is 32.8 Å². The van der Waals surface area contributed by atoms with E-state index in [2.05, 4.69) is 46.5 Å². The van der Waals surface area contributed by atoms with E-state index in [9.17, 15) is 4.79 Å². The molecule has 2 aromatic carbocycles. The number of nitrogens with zero attached hydrogens (tertiary/aromatic N) is 1. The number of hydrogen-bond acceptors (Lipinski definition) is 6. The van der Waals surface area contributed by atoms with Gasteiger partial charge in [0.15, 0.2) is 0 Å². The van der Waals surface area contributed by atoms with Gasteiger partial charge >= 0.3 is 5.97 Å². The number of hydrogen-bond donors (Lipinski definition) is 1. The van der Waals surface area contributed by atoms with Gasteiger partial charge in [0, 0.05) is 40.1 Å².